The monoisotopic (exact) mass is 420 g/mol. The van der Waals surface area contributed by atoms with Crippen LogP contribution in [0.4, 0.5) is 5.13 Å². The summed E-state index contributed by atoms with van der Waals surface area (Å²) in [4.78, 5) is 18.5. The first-order valence-corrected chi connectivity index (χ1v) is 11.6. The van der Waals surface area contributed by atoms with E-state index in [1.54, 1.807) is 0 Å². The lowest BCUT2D eigenvalue weighted by Crippen LogP contribution is -2.41. The standard InChI is InChI=1S/C26H32N2OS/c1-6-26(7-2,23(29)28-24-27-21(18-30-24)25(3,4)5)22(19-14-10-8-11-15-19)20-16-12-9-13-17-20/h8-18,22H,6-7H2,1-5H3,(H,27,28,29). The first-order valence-electron chi connectivity index (χ1n) is 10.7. The van der Waals surface area contributed by atoms with E-state index in [0.717, 1.165) is 29.7 Å². The van der Waals surface area contributed by atoms with Gasteiger partial charge < -0.3 is 5.32 Å². The van der Waals surface area contributed by atoms with Gasteiger partial charge in [-0.3, -0.25) is 4.79 Å². The van der Waals surface area contributed by atoms with Crippen LogP contribution in [-0.2, 0) is 10.2 Å². The predicted octanol–water partition coefficient (Wildman–Crippen LogP) is 7.02. The van der Waals surface area contributed by atoms with Gasteiger partial charge in [-0.15, -0.1) is 11.3 Å². The summed E-state index contributed by atoms with van der Waals surface area (Å²) >= 11 is 1.50. The normalized spacial score (nSPS) is 12.2. The number of carbonyl (C=O) groups is 1. The Morgan fingerprint density at radius 2 is 1.43 bits per heavy atom. The van der Waals surface area contributed by atoms with Gasteiger partial charge in [0.1, 0.15) is 0 Å². The van der Waals surface area contributed by atoms with E-state index in [9.17, 15) is 4.79 Å². The van der Waals surface area contributed by atoms with E-state index in [-0.39, 0.29) is 17.2 Å². The number of hydrogen-bond acceptors (Lipinski definition) is 3. The summed E-state index contributed by atoms with van der Waals surface area (Å²) in [5.41, 5.74) is 2.72. The van der Waals surface area contributed by atoms with Crippen molar-refractivity contribution in [3.05, 3.63) is 82.9 Å². The topological polar surface area (TPSA) is 42.0 Å². The Hall–Kier alpha value is -2.46. The van der Waals surface area contributed by atoms with Crippen LogP contribution in [0.15, 0.2) is 66.0 Å². The molecule has 1 heterocycles. The highest BCUT2D eigenvalue weighted by molar-refractivity contribution is 7.14. The van der Waals surface area contributed by atoms with E-state index < -0.39 is 5.41 Å². The van der Waals surface area contributed by atoms with Crippen molar-refractivity contribution >= 4 is 22.4 Å². The zero-order valence-electron chi connectivity index (χ0n) is 18.6. The lowest BCUT2D eigenvalue weighted by Gasteiger charge is -2.39. The van der Waals surface area contributed by atoms with Crippen molar-refractivity contribution in [3.63, 3.8) is 0 Å². The molecule has 4 heteroatoms. The molecule has 3 rings (SSSR count). The summed E-state index contributed by atoms with van der Waals surface area (Å²) in [5, 5.41) is 5.89. The van der Waals surface area contributed by atoms with Crippen LogP contribution in [0, 0.1) is 5.41 Å². The second-order valence-corrected chi connectivity index (χ2v) is 9.72. The number of rotatable bonds is 7. The number of anilines is 1. The minimum absolute atomic E-state index is 0.0306. The maximum atomic E-state index is 13.8. The number of amides is 1. The summed E-state index contributed by atoms with van der Waals surface area (Å²) in [7, 11) is 0. The molecule has 30 heavy (non-hydrogen) atoms. The molecule has 0 radical (unpaired) electrons. The molecule has 0 aliphatic carbocycles. The lowest BCUT2D eigenvalue weighted by molar-refractivity contribution is -0.127. The molecule has 0 spiro atoms. The van der Waals surface area contributed by atoms with Gasteiger partial charge in [-0.05, 0) is 24.0 Å². The second-order valence-electron chi connectivity index (χ2n) is 8.86. The molecule has 2 aromatic carbocycles. The number of thiazole rings is 1. The number of benzene rings is 2. The lowest BCUT2D eigenvalue weighted by atomic mass is 9.65. The molecule has 0 aliphatic heterocycles. The molecule has 1 aromatic heterocycles. The minimum Gasteiger partial charge on any atom is -0.301 e. The molecule has 0 bridgehead atoms. The average molecular weight is 421 g/mol. The van der Waals surface area contributed by atoms with E-state index >= 15 is 0 Å². The fourth-order valence-corrected chi connectivity index (χ4v) is 5.06. The van der Waals surface area contributed by atoms with Crippen molar-refractivity contribution in [1.29, 1.82) is 0 Å². The van der Waals surface area contributed by atoms with Crippen molar-refractivity contribution in [2.45, 2.75) is 58.8 Å². The molecule has 0 aliphatic rings. The van der Waals surface area contributed by atoms with Crippen LogP contribution in [0.3, 0.4) is 0 Å². The molecular formula is C26H32N2OS. The van der Waals surface area contributed by atoms with Gasteiger partial charge in [-0.1, -0.05) is 95.3 Å². The van der Waals surface area contributed by atoms with Gasteiger partial charge in [0.05, 0.1) is 11.1 Å². The highest BCUT2D eigenvalue weighted by Crippen LogP contribution is 2.47. The summed E-state index contributed by atoms with van der Waals surface area (Å²) in [6.45, 7) is 10.6. The van der Waals surface area contributed by atoms with Gasteiger partial charge >= 0.3 is 0 Å². The number of carbonyl (C=O) groups excluding carboxylic acids is 1. The van der Waals surface area contributed by atoms with E-state index in [1.807, 2.05) is 17.5 Å². The zero-order valence-corrected chi connectivity index (χ0v) is 19.4. The fraction of sp³-hybridized carbons (Fsp3) is 0.385. The summed E-state index contributed by atoms with van der Waals surface area (Å²) in [6, 6.07) is 20.8. The maximum Gasteiger partial charge on any atom is 0.233 e. The molecule has 3 nitrogen and oxygen atoms in total. The number of nitrogens with one attached hydrogen (secondary N) is 1. The maximum absolute atomic E-state index is 13.8. The molecule has 0 unspecified atom stereocenters. The van der Waals surface area contributed by atoms with Gasteiger partial charge in [0.15, 0.2) is 5.13 Å². The molecule has 0 saturated carbocycles. The first kappa shape index (κ1) is 22.2. The van der Waals surface area contributed by atoms with Gasteiger partial charge in [0, 0.05) is 16.7 Å². The number of hydrogen-bond donors (Lipinski definition) is 1. The molecule has 0 fully saturated rings. The molecule has 0 saturated heterocycles. The highest BCUT2D eigenvalue weighted by atomic mass is 32.1. The van der Waals surface area contributed by atoms with Gasteiger partial charge in [0.25, 0.3) is 0 Å². The largest absolute Gasteiger partial charge is 0.301 e. The van der Waals surface area contributed by atoms with Crippen molar-refractivity contribution in [2.24, 2.45) is 5.41 Å². The fourth-order valence-electron chi connectivity index (χ4n) is 4.13. The first-order chi connectivity index (χ1) is 14.3. The Balaban J connectivity index is 2.03. The van der Waals surface area contributed by atoms with Crippen LogP contribution in [0.25, 0.3) is 0 Å². The van der Waals surface area contributed by atoms with Crippen LogP contribution in [-0.4, -0.2) is 10.9 Å². The third-order valence-corrected chi connectivity index (χ3v) is 6.78. The van der Waals surface area contributed by atoms with Crippen molar-refractivity contribution in [2.75, 3.05) is 5.32 Å². The quantitative estimate of drug-likeness (QED) is 0.446. The number of nitrogens with zero attached hydrogens (tertiary/aromatic N) is 1. The Labute approximate surface area is 184 Å². The van der Waals surface area contributed by atoms with Crippen LogP contribution in [0.5, 0.6) is 0 Å². The van der Waals surface area contributed by atoms with Gasteiger partial charge in [0.2, 0.25) is 5.91 Å². The molecule has 1 N–H and O–H groups in total. The van der Waals surface area contributed by atoms with E-state index in [0.29, 0.717) is 5.13 Å². The van der Waals surface area contributed by atoms with Gasteiger partial charge in [-0.2, -0.15) is 0 Å². The van der Waals surface area contributed by atoms with Crippen molar-refractivity contribution in [3.8, 4) is 0 Å². The minimum atomic E-state index is -0.573. The summed E-state index contributed by atoms with van der Waals surface area (Å²) < 4.78 is 0. The second kappa shape index (κ2) is 9.13. The third-order valence-electron chi connectivity index (χ3n) is 6.03. The predicted molar refractivity (Wildman–Crippen MR) is 127 cm³/mol. The van der Waals surface area contributed by atoms with E-state index in [2.05, 4.69) is 88.5 Å². The van der Waals surface area contributed by atoms with Crippen LogP contribution < -0.4 is 5.32 Å². The Morgan fingerprint density at radius 3 is 1.83 bits per heavy atom. The highest BCUT2D eigenvalue weighted by Gasteiger charge is 2.44. The van der Waals surface area contributed by atoms with E-state index in [4.69, 9.17) is 4.98 Å². The molecule has 0 atom stereocenters. The molecule has 3 aromatic rings. The molecule has 158 valence electrons. The Kier molecular flexibility index (Phi) is 6.77. The Morgan fingerprint density at radius 1 is 0.933 bits per heavy atom. The molecule has 1 amide bonds. The van der Waals surface area contributed by atoms with Crippen molar-refractivity contribution < 1.29 is 4.79 Å². The third kappa shape index (κ3) is 4.49. The van der Waals surface area contributed by atoms with Crippen LogP contribution >= 0.6 is 11.3 Å². The average Bonchev–Trinajstić information content (AvgIpc) is 3.22. The zero-order chi connectivity index (χ0) is 21.8. The summed E-state index contributed by atoms with van der Waals surface area (Å²) in [5.74, 6) is 0.0111. The van der Waals surface area contributed by atoms with Crippen LogP contribution in [0.2, 0.25) is 0 Å². The summed E-state index contributed by atoms with van der Waals surface area (Å²) in [6.07, 6.45) is 1.47. The van der Waals surface area contributed by atoms with E-state index in [1.165, 1.54) is 11.3 Å². The molecular weight excluding hydrogens is 388 g/mol. The SMILES string of the molecule is CCC(CC)(C(=O)Nc1nc(C(C)(C)C)cs1)C(c1ccccc1)c1ccccc1. The van der Waals surface area contributed by atoms with Crippen LogP contribution in [0.1, 0.15) is 70.2 Å². The smallest absolute Gasteiger partial charge is 0.233 e. The number of aromatic nitrogens is 1. The Bertz CT molecular complexity index is 914. The van der Waals surface area contributed by atoms with Crippen molar-refractivity contribution in [1.82, 2.24) is 4.98 Å². The van der Waals surface area contributed by atoms with Gasteiger partial charge in [-0.25, -0.2) is 4.98 Å².